The van der Waals surface area contributed by atoms with Gasteiger partial charge in [-0.05, 0) is 5.56 Å². The van der Waals surface area contributed by atoms with Crippen LogP contribution in [0.5, 0.6) is 0 Å². The number of nitrogens with one attached hydrogen (secondary N) is 1. The number of rotatable bonds is 9. The maximum absolute atomic E-state index is 12.3. The third kappa shape index (κ3) is 6.73. The fraction of sp³-hybridized carbons (Fsp3) is 0.429. The van der Waals surface area contributed by atoms with Crippen LogP contribution in [-0.2, 0) is 20.9 Å². The van der Waals surface area contributed by atoms with E-state index in [0.717, 1.165) is 5.56 Å². The van der Waals surface area contributed by atoms with E-state index in [0.29, 0.717) is 0 Å². The van der Waals surface area contributed by atoms with E-state index in [2.05, 4.69) is 0 Å². The molecule has 1 aromatic rings. The summed E-state index contributed by atoms with van der Waals surface area (Å²) in [6, 6.07) is 7.11. The van der Waals surface area contributed by atoms with Crippen molar-refractivity contribution in [3.8, 4) is 0 Å². The average Bonchev–Trinajstić information content (AvgIpc) is 2.50. The summed E-state index contributed by atoms with van der Waals surface area (Å²) in [5.74, 6) is -3.63. The number of amides is 1. The molecule has 1 N–H and O–H groups in total. The van der Waals surface area contributed by atoms with E-state index in [1.807, 2.05) is 0 Å². The normalized spacial score (nSPS) is 13.8. The van der Waals surface area contributed by atoms with Gasteiger partial charge in [-0.1, -0.05) is 30.3 Å². The van der Waals surface area contributed by atoms with E-state index in [-0.39, 0.29) is 19.5 Å². The van der Waals surface area contributed by atoms with Crippen LogP contribution >= 0.6 is 0 Å². The van der Waals surface area contributed by atoms with Crippen LogP contribution in [0.2, 0.25) is 0 Å². The van der Waals surface area contributed by atoms with Crippen molar-refractivity contribution < 1.29 is 32.4 Å². The molecule has 0 aliphatic heterocycles. The second-order valence-corrected chi connectivity index (χ2v) is 4.89. The summed E-state index contributed by atoms with van der Waals surface area (Å²) in [6.45, 7) is -1.32. The van der Waals surface area contributed by atoms with Gasteiger partial charge < -0.3 is 14.8 Å². The lowest BCUT2D eigenvalue weighted by Gasteiger charge is -2.21. The minimum atomic E-state index is -5.20. The third-order valence-corrected chi connectivity index (χ3v) is 3.03. The Labute approximate surface area is 134 Å². The van der Waals surface area contributed by atoms with Crippen LogP contribution in [-0.4, -0.2) is 42.5 Å². The van der Waals surface area contributed by atoms with Gasteiger partial charge in [-0.3, -0.25) is 14.9 Å². The summed E-state index contributed by atoms with van der Waals surface area (Å²) >= 11 is 0. The Balaban J connectivity index is 2.68. The van der Waals surface area contributed by atoms with Crippen LogP contribution in [0.3, 0.4) is 0 Å². The summed E-state index contributed by atoms with van der Waals surface area (Å²) in [4.78, 5) is 31.7. The van der Waals surface area contributed by atoms with Gasteiger partial charge in [0.25, 0.3) is 0 Å². The molecule has 0 saturated heterocycles. The van der Waals surface area contributed by atoms with Gasteiger partial charge in [0.1, 0.15) is 12.3 Å². The fourth-order valence-corrected chi connectivity index (χ4v) is 1.84. The number of carbonyl (C=O) groups is 2. The number of nitro groups is 1. The number of ether oxygens (including phenoxy) is 1. The van der Waals surface area contributed by atoms with Crippen LogP contribution < -0.4 is 5.32 Å². The molecule has 24 heavy (non-hydrogen) atoms. The Kier molecular flexibility index (Phi) is 7.31. The molecular formula is C14H15F3N2O5. The van der Waals surface area contributed by atoms with Crippen molar-refractivity contribution in [3.63, 3.8) is 0 Å². The molecule has 7 nitrogen and oxygen atoms in total. The molecule has 0 aromatic heterocycles. The Hall–Kier alpha value is -2.49. The number of carbonyl (C=O) groups excluding carboxylic acids is 2. The molecule has 1 aromatic carbocycles. The summed E-state index contributed by atoms with van der Waals surface area (Å²) in [5.41, 5.74) is 0.757. The fourth-order valence-electron chi connectivity index (χ4n) is 1.84. The molecule has 1 rings (SSSR count). The summed E-state index contributed by atoms with van der Waals surface area (Å²) in [7, 11) is 0. The first-order valence-corrected chi connectivity index (χ1v) is 6.80. The van der Waals surface area contributed by atoms with E-state index >= 15 is 0 Å². The molecule has 0 spiro atoms. The monoisotopic (exact) mass is 348 g/mol. The van der Waals surface area contributed by atoms with Gasteiger partial charge in [0.05, 0.1) is 19.1 Å². The van der Waals surface area contributed by atoms with E-state index in [1.165, 1.54) is 5.32 Å². The maximum Gasteiger partial charge on any atom is 0.471 e. The van der Waals surface area contributed by atoms with Gasteiger partial charge in [0, 0.05) is 4.92 Å². The molecule has 10 heteroatoms. The molecule has 1 amide bonds. The van der Waals surface area contributed by atoms with Crippen molar-refractivity contribution in [2.24, 2.45) is 5.92 Å². The van der Waals surface area contributed by atoms with Crippen LogP contribution in [0.4, 0.5) is 13.2 Å². The Bertz CT molecular complexity index is 565. The highest BCUT2D eigenvalue weighted by Crippen LogP contribution is 2.16. The molecule has 0 saturated carbocycles. The zero-order valence-corrected chi connectivity index (χ0v) is 12.4. The lowest BCUT2D eigenvalue weighted by molar-refractivity contribution is -0.484. The summed E-state index contributed by atoms with van der Waals surface area (Å²) in [5, 5.41) is 12.0. The van der Waals surface area contributed by atoms with Gasteiger partial charge in [-0.25, -0.2) is 0 Å². The average molecular weight is 348 g/mol. The van der Waals surface area contributed by atoms with Crippen molar-refractivity contribution in [2.75, 3.05) is 13.2 Å². The first kappa shape index (κ1) is 19.6. The predicted octanol–water partition coefficient (Wildman–Crippen LogP) is 1.34. The van der Waals surface area contributed by atoms with Crippen molar-refractivity contribution in [3.05, 3.63) is 46.0 Å². The van der Waals surface area contributed by atoms with Crippen LogP contribution in [0, 0.1) is 16.0 Å². The summed E-state index contributed by atoms with van der Waals surface area (Å²) in [6.07, 6.45) is -4.97. The van der Waals surface area contributed by atoms with Crippen molar-refractivity contribution in [1.29, 1.82) is 0 Å². The molecule has 0 unspecified atom stereocenters. The minimum absolute atomic E-state index is 0.0730. The molecule has 0 aliphatic rings. The maximum atomic E-state index is 12.3. The largest absolute Gasteiger partial charge is 0.471 e. The number of halogens is 3. The Morgan fingerprint density at radius 3 is 2.46 bits per heavy atom. The number of benzene rings is 1. The first-order chi connectivity index (χ1) is 11.2. The van der Waals surface area contributed by atoms with E-state index in [1.54, 1.807) is 30.3 Å². The lowest BCUT2D eigenvalue weighted by atomic mass is 10.0. The van der Waals surface area contributed by atoms with Gasteiger partial charge in [-0.15, -0.1) is 0 Å². The van der Waals surface area contributed by atoms with Crippen LogP contribution in [0.25, 0.3) is 0 Å². The third-order valence-electron chi connectivity index (χ3n) is 3.03. The van der Waals surface area contributed by atoms with E-state index < -0.39 is 35.5 Å². The Morgan fingerprint density at radius 1 is 1.33 bits per heavy atom. The SMILES string of the molecule is O=C[C@@H](COCc1ccccc1)[C@@H](C[N+](=O)[O-])NC(=O)C(F)(F)F. The summed E-state index contributed by atoms with van der Waals surface area (Å²) < 4.78 is 42.1. The predicted molar refractivity (Wildman–Crippen MR) is 75.5 cm³/mol. The van der Waals surface area contributed by atoms with Crippen molar-refractivity contribution >= 4 is 12.2 Å². The topological polar surface area (TPSA) is 98.5 Å². The molecule has 0 heterocycles. The number of alkyl halides is 3. The number of nitrogens with zero attached hydrogens (tertiary/aromatic N) is 1. The number of aldehydes is 1. The second kappa shape index (κ2) is 8.96. The highest BCUT2D eigenvalue weighted by molar-refractivity contribution is 5.82. The molecule has 0 fully saturated rings. The van der Waals surface area contributed by atoms with Crippen LogP contribution in [0.1, 0.15) is 5.56 Å². The Morgan fingerprint density at radius 2 is 1.96 bits per heavy atom. The van der Waals surface area contributed by atoms with E-state index in [9.17, 15) is 32.9 Å². The first-order valence-electron chi connectivity index (χ1n) is 6.80. The smallest absolute Gasteiger partial charge is 0.376 e. The van der Waals surface area contributed by atoms with Gasteiger partial charge in [0.2, 0.25) is 6.54 Å². The van der Waals surface area contributed by atoms with Crippen LogP contribution in [0.15, 0.2) is 30.3 Å². The highest BCUT2D eigenvalue weighted by atomic mass is 19.4. The molecule has 0 aliphatic carbocycles. The molecule has 132 valence electrons. The van der Waals surface area contributed by atoms with Gasteiger partial charge in [-0.2, -0.15) is 13.2 Å². The van der Waals surface area contributed by atoms with E-state index in [4.69, 9.17) is 4.74 Å². The minimum Gasteiger partial charge on any atom is -0.376 e. The molecule has 0 radical (unpaired) electrons. The van der Waals surface area contributed by atoms with Crippen molar-refractivity contribution in [1.82, 2.24) is 5.32 Å². The quantitative estimate of drug-likeness (QED) is 0.412. The standard InChI is InChI=1S/C14H15F3N2O5/c15-14(16,17)13(21)18-12(6-19(22)23)11(7-20)9-24-8-10-4-2-1-3-5-10/h1-5,7,11-12H,6,8-9H2,(H,18,21)/t11-,12+/m0/s1. The molecule has 2 atom stereocenters. The second-order valence-electron chi connectivity index (χ2n) is 4.89. The highest BCUT2D eigenvalue weighted by Gasteiger charge is 2.42. The number of hydrogen-bond donors (Lipinski definition) is 1. The lowest BCUT2D eigenvalue weighted by Crippen LogP contribution is -2.51. The van der Waals surface area contributed by atoms with Gasteiger partial charge >= 0.3 is 12.1 Å². The number of hydrogen-bond acceptors (Lipinski definition) is 5. The van der Waals surface area contributed by atoms with Crippen molar-refractivity contribution in [2.45, 2.75) is 18.8 Å². The molecular weight excluding hydrogens is 333 g/mol. The zero-order chi connectivity index (χ0) is 18.2. The zero-order valence-electron chi connectivity index (χ0n) is 12.4. The van der Waals surface area contributed by atoms with Gasteiger partial charge in [0.15, 0.2) is 0 Å². The molecule has 0 bridgehead atoms.